The van der Waals surface area contributed by atoms with Gasteiger partial charge in [-0.25, -0.2) is 0 Å². The van der Waals surface area contributed by atoms with E-state index in [0.717, 1.165) is 5.57 Å². The minimum absolute atomic E-state index is 0.184. The Morgan fingerprint density at radius 1 is 1.31 bits per heavy atom. The maximum Gasteiger partial charge on any atom is 0.0968 e. The van der Waals surface area contributed by atoms with Crippen molar-refractivity contribution in [2.45, 2.75) is 34.1 Å². The fourth-order valence-electron chi connectivity index (χ4n) is 1.56. The molecule has 1 heteroatoms. The van der Waals surface area contributed by atoms with Gasteiger partial charge in [-0.15, -0.1) is 0 Å². The van der Waals surface area contributed by atoms with Gasteiger partial charge in [-0.3, -0.25) is 0 Å². The number of allylic oxidation sites excluding steroid dienone is 5. The molecule has 1 rings (SSSR count). The first-order chi connectivity index (χ1) is 5.87. The van der Waals surface area contributed by atoms with Crippen molar-refractivity contribution in [3.8, 4) is 0 Å². The third kappa shape index (κ3) is 3.49. The van der Waals surface area contributed by atoms with Crippen LogP contribution in [0.15, 0.2) is 35.1 Å². The first kappa shape index (κ1) is 10.1. The Kier molecular flexibility index (Phi) is 2.65. The van der Waals surface area contributed by atoms with Crippen molar-refractivity contribution in [3.05, 3.63) is 35.1 Å². The second kappa shape index (κ2) is 3.41. The molecule has 72 valence electrons. The molecule has 0 heterocycles. The van der Waals surface area contributed by atoms with Crippen molar-refractivity contribution in [3.63, 3.8) is 0 Å². The summed E-state index contributed by atoms with van der Waals surface area (Å²) >= 11 is 0. The highest BCUT2D eigenvalue weighted by Gasteiger charge is 2.11. The first-order valence-electron chi connectivity index (χ1n) is 4.66. The zero-order valence-electron chi connectivity index (χ0n) is 8.89. The molecule has 1 aliphatic rings. The van der Waals surface area contributed by atoms with Gasteiger partial charge in [0.15, 0.2) is 0 Å². The highest BCUT2D eigenvalue weighted by molar-refractivity contribution is 5.37. The summed E-state index contributed by atoms with van der Waals surface area (Å²) in [6.45, 7) is 8.50. The SMILES string of the molecule is CC1=C/C(=C\C(C)(C)C)CC(O)=C1. The molecule has 1 N–H and O–H groups in total. The van der Waals surface area contributed by atoms with E-state index in [-0.39, 0.29) is 5.41 Å². The first-order valence-corrected chi connectivity index (χ1v) is 4.66. The fraction of sp³-hybridized carbons (Fsp3) is 0.500. The van der Waals surface area contributed by atoms with E-state index < -0.39 is 0 Å². The molecule has 0 spiro atoms. The topological polar surface area (TPSA) is 20.2 Å². The molecule has 0 unspecified atom stereocenters. The molecule has 1 nitrogen and oxygen atoms in total. The molecule has 13 heavy (non-hydrogen) atoms. The Balaban J connectivity index is 2.88. The van der Waals surface area contributed by atoms with Crippen LogP contribution in [-0.2, 0) is 0 Å². The third-order valence-corrected chi connectivity index (χ3v) is 1.81. The van der Waals surface area contributed by atoms with Crippen LogP contribution in [-0.4, -0.2) is 5.11 Å². The molecule has 0 saturated heterocycles. The van der Waals surface area contributed by atoms with E-state index in [2.05, 4.69) is 32.9 Å². The second-order valence-electron chi connectivity index (χ2n) is 4.79. The normalized spacial score (nSPS) is 21.4. The smallest absolute Gasteiger partial charge is 0.0968 e. The molecule has 0 aromatic rings. The summed E-state index contributed by atoms with van der Waals surface area (Å²) < 4.78 is 0. The van der Waals surface area contributed by atoms with Gasteiger partial charge in [0.1, 0.15) is 0 Å². The summed E-state index contributed by atoms with van der Waals surface area (Å²) in [5.74, 6) is 0.468. The summed E-state index contributed by atoms with van der Waals surface area (Å²) in [6.07, 6.45) is 6.83. The summed E-state index contributed by atoms with van der Waals surface area (Å²) in [4.78, 5) is 0. The van der Waals surface area contributed by atoms with E-state index in [4.69, 9.17) is 0 Å². The van der Waals surface area contributed by atoms with Crippen molar-refractivity contribution in [1.29, 1.82) is 0 Å². The quantitative estimate of drug-likeness (QED) is 0.599. The highest BCUT2D eigenvalue weighted by Crippen LogP contribution is 2.25. The van der Waals surface area contributed by atoms with E-state index in [9.17, 15) is 5.11 Å². The minimum atomic E-state index is 0.184. The lowest BCUT2D eigenvalue weighted by molar-refractivity contribution is 0.396. The second-order valence-corrected chi connectivity index (χ2v) is 4.79. The molecule has 0 saturated carbocycles. The Bertz CT molecular complexity index is 285. The number of aliphatic hydroxyl groups is 1. The van der Waals surface area contributed by atoms with Crippen LogP contribution in [0.3, 0.4) is 0 Å². The van der Waals surface area contributed by atoms with Gasteiger partial charge in [0.25, 0.3) is 0 Å². The summed E-state index contributed by atoms with van der Waals surface area (Å²) in [5.41, 5.74) is 2.52. The van der Waals surface area contributed by atoms with Crippen molar-refractivity contribution < 1.29 is 5.11 Å². The molecule has 0 aliphatic heterocycles. The van der Waals surface area contributed by atoms with Crippen molar-refractivity contribution in [1.82, 2.24) is 0 Å². The van der Waals surface area contributed by atoms with Crippen LogP contribution in [0, 0.1) is 5.41 Å². The predicted molar refractivity (Wildman–Crippen MR) is 56.6 cm³/mol. The van der Waals surface area contributed by atoms with E-state index in [1.807, 2.05) is 13.0 Å². The zero-order chi connectivity index (χ0) is 10.1. The molecular weight excluding hydrogens is 160 g/mol. The van der Waals surface area contributed by atoms with Crippen LogP contribution >= 0.6 is 0 Å². The van der Waals surface area contributed by atoms with Crippen LogP contribution < -0.4 is 0 Å². The van der Waals surface area contributed by atoms with Crippen LogP contribution in [0.4, 0.5) is 0 Å². The lowest BCUT2D eigenvalue weighted by Crippen LogP contribution is -2.03. The van der Waals surface area contributed by atoms with Crippen molar-refractivity contribution in [2.24, 2.45) is 5.41 Å². The molecule has 0 atom stereocenters. The minimum Gasteiger partial charge on any atom is -0.512 e. The van der Waals surface area contributed by atoms with Gasteiger partial charge in [-0.1, -0.05) is 32.9 Å². The van der Waals surface area contributed by atoms with E-state index in [1.165, 1.54) is 5.57 Å². The van der Waals surface area contributed by atoms with Crippen LogP contribution in [0.2, 0.25) is 0 Å². The van der Waals surface area contributed by atoms with Gasteiger partial charge in [0.05, 0.1) is 5.76 Å². The van der Waals surface area contributed by atoms with Crippen LogP contribution in [0.5, 0.6) is 0 Å². The lowest BCUT2D eigenvalue weighted by atomic mass is 9.90. The Hall–Kier alpha value is -0.980. The predicted octanol–water partition coefficient (Wildman–Crippen LogP) is 3.75. The highest BCUT2D eigenvalue weighted by atomic mass is 16.3. The molecule has 0 aromatic heterocycles. The zero-order valence-corrected chi connectivity index (χ0v) is 8.89. The molecule has 0 fully saturated rings. The molecule has 0 radical (unpaired) electrons. The average Bonchev–Trinajstić information content (AvgIpc) is 1.78. The molecule has 0 aromatic carbocycles. The third-order valence-electron chi connectivity index (χ3n) is 1.81. The van der Waals surface area contributed by atoms with Crippen molar-refractivity contribution >= 4 is 0 Å². The Morgan fingerprint density at radius 3 is 2.38 bits per heavy atom. The Morgan fingerprint density at radius 2 is 1.92 bits per heavy atom. The van der Waals surface area contributed by atoms with E-state index in [0.29, 0.717) is 12.2 Å². The average molecular weight is 178 g/mol. The van der Waals surface area contributed by atoms with E-state index >= 15 is 0 Å². The van der Waals surface area contributed by atoms with Crippen LogP contribution in [0.1, 0.15) is 34.1 Å². The molecule has 1 aliphatic carbocycles. The number of aliphatic hydroxyl groups excluding tert-OH is 1. The Labute approximate surface area is 80.5 Å². The maximum absolute atomic E-state index is 9.43. The van der Waals surface area contributed by atoms with Gasteiger partial charge in [-0.05, 0) is 29.6 Å². The number of hydrogen-bond acceptors (Lipinski definition) is 1. The summed E-state index contributed by atoms with van der Waals surface area (Å²) in [6, 6.07) is 0. The van der Waals surface area contributed by atoms with Crippen LogP contribution in [0.25, 0.3) is 0 Å². The molecule has 0 bridgehead atoms. The van der Waals surface area contributed by atoms with E-state index in [1.54, 1.807) is 0 Å². The lowest BCUT2D eigenvalue weighted by Gasteiger charge is -2.17. The maximum atomic E-state index is 9.43. The summed E-state index contributed by atoms with van der Waals surface area (Å²) in [7, 11) is 0. The monoisotopic (exact) mass is 178 g/mol. The fourth-order valence-corrected chi connectivity index (χ4v) is 1.56. The largest absolute Gasteiger partial charge is 0.512 e. The number of hydrogen-bond donors (Lipinski definition) is 1. The van der Waals surface area contributed by atoms with Gasteiger partial charge in [0.2, 0.25) is 0 Å². The molecular formula is C12H18O. The number of rotatable bonds is 0. The van der Waals surface area contributed by atoms with Crippen molar-refractivity contribution in [2.75, 3.05) is 0 Å². The van der Waals surface area contributed by atoms with Gasteiger partial charge in [-0.2, -0.15) is 0 Å². The van der Waals surface area contributed by atoms with Gasteiger partial charge >= 0.3 is 0 Å². The standard InChI is InChI=1S/C12H18O/c1-9-5-10(7-11(13)6-9)8-12(2,3)4/h5-6,8,13H,7H2,1-4H3/b10-8+. The van der Waals surface area contributed by atoms with Gasteiger partial charge in [0, 0.05) is 6.42 Å². The summed E-state index contributed by atoms with van der Waals surface area (Å²) in [5, 5.41) is 9.43. The molecule has 0 amide bonds. The van der Waals surface area contributed by atoms with Gasteiger partial charge < -0.3 is 5.11 Å².